The van der Waals surface area contributed by atoms with Crippen molar-refractivity contribution in [3.05, 3.63) is 82.9 Å². The number of aryl methyl sites for hydroxylation is 2. The second-order valence-corrected chi connectivity index (χ2v) is 8.99. The number of anilines is 1. The number of aromatic nitrogens is 2. The lowest BCUT2D eigenvalue weighted by atomic mass is 10.1. The fourth-order valence-electron chi connectivity index (χ4n) is 4.45. The molecule has 0 saturated carbocycles. The quantitative estimate of drug-likeness (QED) is 0.296. The standard InChI is InChI=1S/C29H32FN3O3/c1-6-7-24(29(34)31-22-12-13-26(35-4)27(17-22)36-5)33-25-15-19(3)18(2)14-23(25)32-28(33)16-20-8-10-21(30)11-9-20/h8-15,17,24H,6-7,16H2,1-5H3,(H,31,34)/t24-/m1/s1. The molecule has 4 rings (SSSR count). The Kier molecular flexibility index (Phi) is 7.58. The highest BCUT2D eigenvalue weighted by Gasteiger charge is 2.26. The first-order chi connectivity index (χ1) is 17.3. The van der Waals surface area contributed by atoms with Crippen LogP contribution >= 0.6 is 0 Å². The van der Waals surface area contributed by atoms with E-state index in [-0.39, 0.29) is 11.7 Å². The van der Waals surface area contributed by atoms with Gasteiger partial charge in [0.25, 0.3) is 0 Å². The third-order valence-corrected chi connectivity index (χ3v) is 6.48. The number of halogens is 1. The van der Waals surface area contributed by atoms with Crippen molar-refractivity contribution in [2.75, 3.05) is 19.5 Å². The third-order valence-electron chi connectivity index (χ3n) is 6.48. The Morgan fingerprint density at radius 1 is 1.00 bits per heavy atom. The van der Waals surface area contributed by atoms with E-state index < -0.39 is 6.04 Å². The molecule has 0 aliphatic rings. The molecule has 1 amide bonds. The number of amides is 1. The van der Waals surface area contributed by atoms with Crippen molar-refractivity contribution < 1.29 is 18.7 Å². The van der Waals surface area contributed by atoms with Crippen molar-refractivity contribution in [1.82, 2.24) is 9.55 Å². The molecule has 0 fully saturated rings. The van der Waals surface area contributed by atoms with E-state index in [1.165, 1.54) is 12.1 Å². The van der Waals surface area contributed by atoms with E-state index in [1.54, 1.807) is 44.6 Å². The number of hydrogen-bond acceptors (Lipinski definition) is 4. The van der Waals surface area contributed by atoms with Gasteiger partial charge in [-0.2, -0.15) is 0 Å². The first-order valence-electron chi connectivity index (χ1n) is 12.1. The molecule has 188 valence electrons. The number of hydrogen-bond donors (Lipinski definition) is 1. The number of rotatable bonds is 9. The summed E-state index contributed by atoms with van der Waals surface area (Å²) in [6.07, 6.45) is 1.93. The summed E-state index contributed by atoms with van der Waals surface area (Å²) in [4.78, 5) is 18.6. The van der Waals surface area contributed by atoms with Crippen LogP contribution in [-0.2, 0) is 11.2 Å². The van der Waals surface area contributed by atoms with Crippen LogP contribution in [0, 0.1) is 19.7 Å². The number of benzene rings is 3. The average molecular weight is 490 g/mol. The maximum atomic E-state index is 13.7. The van der Waals surface area contributed by atoms with Crippen LogP contribution in [0.4, 0.5) is 10.1 Å². The summed E-state index contributed by atoms with van der Waals surface area (Å²) in [5, 5.41) is 3.06. The monoisotopic (exact) mass is 489 g/mol. The van der Waals surface area contributed by atoms with E-state index in [0.717, 1.165) is 40.0 Å². The Labute approximate surface area is 211 Å². The molecule has 1 heterocycles. The predicted octanol–water partition coefficient (Wildman–Crippen LogP) is 6.38. The molecule has 0 radical (unpaired) electrons. The zero-order valence-electron chi connectivity index (χ0n) is 21.4. The number of methoxy groups -OCH3 is 2. The zero-order valence-corrected chi connectivity index (χ0v) is 21.4. The molecule has 0 aliphatic carbocycles. The summed E-state index contributed by atoms with van der Waals surface area (Å²) in [6.45, 7) is 6.18. The molecule has 36 heavy (non-hydrogen) atoms. The molecule has 0 saturated heterocycles. The Balaban J connectivity index is 1.77. The molecule has 0 bridgehead atoms. The van der Waals surface area contributed by atoms with Gasteiger partial charge >= 0.3 is 0 Å². The molecule has 6 nitrogen and oxygen atoms in total. The maximum Gasteiger partial charge on any atom is 0.247 e. The van der Waals surface area contributed by atoms with Crippen LogP contribution in [-0.4, -0.2) is 29.7 Å². The lowest BCUT2D eigenvalue weighted by Gasteiger charge is -2.22. The highest BCUT2D eigenvalue weighted by atomic mass is 19.1. The first-order valence-corrected chi connectivity index (χ1v) is 12.1. The molecule has 3 aromatic carbocycles. The molecule has 7 heteroatoms. The molecule has 0 aliphatic heterocycles. The smallest absolute Gasteiger partial charge is 0.247 e. The molecule has 1 aromatic heterocycles. The summed E-state index contributed by atoms with van der Waals surface area (Å²) in [7, 11) is 3.14. The second-order valence-electron chi connectivity index (χ2n) is 8.99. The van der Waals surface area contributed by atoms with E-state index in [0.29, 0.717) is 30.0 Å². The molecular weight excluding hydrogens is 457 g/mol. The van der Waals surface area contributed by atoms with Crippen LogP contribution in [0.2, 0.25) is 0 Å². The number of ether oxygens (including phenoxy) is 2. The third kappa shape index (κ3) is 5.20. The van der Waals surface area contributed by atoms with Gasteiger partial charge in [-0.25, -0.2) is 9.37 Å². The number of nitrogens with zero attached hydrogens (tertiary/aromatic N) is 2. The highest BCUT2D eigenvalue weighted by Crippen LogP contribution is 2.32. The van der Waals surface area contributed by atoms with E-state index in [4.69, 9.17) is 14.5 Å². The zero-order chi connectivity index (χ0) is 25.8. The molecule has 0 unspecified atom stereocenters. The van der Waals surface area contributed by atoms with Crippen molar-refractivity contribution >= 4 is 22.6 Å². The average Bonchev–Trinajstić information content (AvgIpc) is 3.19. The van der Waals surface area contributed by atoms with Crippen molar-refractivity contribution in [3.63, 3.8) is 0 Å². The second kappa shape index (κ2) is 10.8. The fourth-order valence-corrected chi connectivity index (χ4v) is 4.45. The fraction of sp³-hybridized carbons (Fsp3) is 0.310. The SMILES string of the molecule is CCC[C@H](C(=O)Nc1ccc(OC)c(OC)c1)n1c(Cc2ccc(F)cc2)nc2cc(C)c(C)cc21. The number of imidazole rings is 1. The Hall–Kier alpha value is -3.87. The minimum atomic E-state index is -0.481. The van der Waals surface area contributed by atoms with Gasteiger partial charge in [0.1, 0.15) is 17.7 Å². The summed E-state index contributed by atoms with van der Waals surface area (Å²) >= 11 is 0. The van der Waals surface area contributed by atoms with Crippen LogP contribution in [0.5, 0.6) is 11.5 Å². The Morgan fingerprint density at radius 3 is 2.36 bits per heavy atom. The first kappa shape index (κ1) is 25.2. The lowest BCUT2D eigenvalue weighted by Crippen LogP contribution is -2.27. The predicted molar refractivity (Wildman–Crippen MR) is 141 cm³/mol. The lowest BCUT2D eigenvalue weighted by molar-refractivity contribution is -0.119. The minimum absolute atomic E-state index is 0.137. The Morgan fingerprint density at radius 2 is 1.69 bits per heavy atom. The maximum absolute atomic E-state index is 13.7. The van der Waals surface area contributed by atoms with Gasteiger partial charge in [0.15, 0.2) is 11.5 Å². The van der Waals surface area contributed by atoms with Crippen LogP contribution in [0.15, 0.2) is 54.6 Å². The summed E-state index contributed by atoms with van der Waals surface area (Å²) < 4.78 is 26.3. The Bertz CT molecular complexity index is 1380. The van der Waals surface area contributed by atoms with Crippen molar-refractivity contribution in [3.8, 4) is 11.5 Å². The minimum Gasteiger partial charge on any atom is -0.493 e. The van der Waals surface area contributed by atoms with Gasteiger partial charge in [-0.05, 0) is 73.4 Å². The summed E-state index contributed by atoms with van der Waals surface area (Å²) in [5.74, 6) is 1.48. The van der Waals surface area contributed by atoms with Crippen LogP contribution in [0.1, 0.15) is 48.3 Å². The largest absolute Gasteiger partial charge is 0.493 e. The number of fused-ring (bicyclic) bond motifs is 1. The molecule has 4 aromatic rings. The summed E-state index contributed by atoms with van der Waals surface area (Å²) in [6, 6.07) is 15.4. The van der Waals surface area contributed by atoms with Crippen molar-refractivity contribution in [2.24, 2.45) is 0 Å². The van der Waals surface area contributed by atoms with Crippen LogP contribution < -0.4 is 14.8 Å². The van der Waals surface area contributed by atoms with Gasteiger partial charge < -0.3 is 19.4 Å². The van der Waals surface area contributed by atoms with E-state index in [1.807, 2.05) is 4.57 Å². The van der Waals surface area contributed by atoms with Crippen molar-refractivity contribution in [1.29, 1.82) is 0 Å². The molecular formula is C29H32FN3O3. The van der Waals surface area contributed by atoms with Crippen molar-refractivity contribution in [2.45, 2.75) is 46.1 Å². The molecule has 0 spiro atoms. The van der Waals surface area contributed by atoms with Crippen LogP contribution in [0.3, 0.4) is 0 Å². The number of nitrogens with one attached hydrogen (secondary N) is 1. The van der Waals surface area contributed by atoms with Gasteiger partial charge in [-0.15, -0.1) is 0 Å². The topological polar surface area (TPSA) is 65.4 Å². The van der Waals surface area contributed by atoms with Gasteiger partial charge in [-0.1, -0.05) is 25.5 Å². The molecule has 1 N–H and O–H groups in total. The van der Waals surface area contributed by atoms with E-state index >= 15 is 0 Å². The molecule has 1 atom stereocenters. The summed E-state index contributed by atoms with van der Waals surface area (Å²) in [5.41, 5.74) is 5.58. The van der Waals surface area contributed by atoms with Gasteiger partial charge in [0.05, 0.1) is 25.3 Å². The number of carbonyl (C=O) groups excluding carboxylic acids is 1. The normalized spacial score (nSPS) is 11.9. The van der Waals surface area contributed by atoms with Gasteiger partial charge in [-0.3, -0.25) is 4.79 Å². The highest BCUT2D eigenvalue weighted by molar-refractivity contribution is 5.95. The van der Waals surface area contributed by atoms with E-state index in [9.17, 15) is 9.18 Å². The van der Waals surface area contributed by atoms with Gasteiger partial charge in [0.2, 0.25) is 5.91 Å². The van der Waals surface area contributed by atoms with Gasteiger partial charge in [0, 0.05) is 18.2 Å². The van der Waals surface area contributed by atoms with E-state index in [2.05, 4.69) is 38.2 Å². The van der Waals surface area contributed by atoms with Crippen LogP contribution in [0.25, 0.3) is 11.0 Å². The number of carbonyl (C=O) groups is 1.